The predicted octanol–water partition coefficient (Wildman–Crippen LogP) is 2.69. The van der Waals surface area contributed by atoms with Gasteiger partial charge in [-0.1, -0.05) is 18.2 Å². The van der Waals surface area contributed by atoms with Gasteiger partial charge in [0.05, 0.1) is 6.54 Å². The molecule has 0 aliphatic rings. The number of para-hydroxylation sites is 1. The molecule has 8 heteroatoms. The Balaban J connectivity index is 0.00000261. The van der Waals surface area contributed by atoms with E-state index in [1.54, 1.807) is 19.2 Å². The second-order valence-corrected chi connectivity index (χ2v) is 6.04. The second kappa shape index (κ2) is 9.45. The molecule has 0 radical (unpaired) electrons. The third-order valence-corrected chi connectivity index (χ3v) is 4.25. The Hall–Kier alpha value is -2.49. The molecule has 0 fully saturated rings. The molecule has 0 unspecified atom stereocenters. The number of aryl methyl sites for hydroxylation is 1. The number of nitrogens with zero attached hydrogens (tertiary/aromatic N) is 1. The third kappa shape index (κ3) is 5.03. The average Bonchev–Trinajstić information content (AvgIpc) is 3.26. The quantitative estimate of drug-likeness (QED) is 0.247. The normalized spacial score (nSPS) is 11.3. The number of hydrogen-bond acceptors (Lipinski definition) is 3. The van der Waals surface area contributed by atoms with E-state index in [2.05, 4.69) is 51.9 Å². The molecule has 0 atom stereocenters. The lowest BCUT2D eigenvalue weighted by Gasteiger charge is -2.10. The minimum absolute atomic E-state index is 0. The summed E-state index contributed by atoms with van der Waals surface area (Å²) >= 11 is 0. The first-order chi connectivity index (χ1) is 12.6. The van der Waals surface area contributed by atoms with Crippen LogP contribution in [0.4, 0.5) is 0 Å². The molecule has 7 nitrogen and oxygen atoms in total. The largest absolute Gasteiger partial charge is 0.454 e. The van der Waals surface area contributed by atoms with E-state index in [0.717, 1.165) is 13.0 Å². The molecular weight excluding hydrogens is 457 g/mol. The van der Waals surface area contributed by atoms with E-state index >= 15 is 0 Å². The van der Waals surface area contributed by atoms with Crippen molar-refractivity contribution in [3.05, 3.63) is 59.2 Å². The van der Waals surface area contributed by atoms with E-state index in [1.807, 2.05) is 0 Å². The highest BCUT2D eigenvalue weighted by atomic mass is 127. The Bertz CT molecular complexity index is 945. The van der Waals surface area contributed by atoms with Crippen LogP contribution in [0.3, 0.4) is 0 Å². The van der Waals surface area contributed by atoms with Crippen molar-refractivity contribution < 1.29 is 9.21 Å². The van der Waals surface area contributed by atoms with Gasteiger partial charge in [0.2, 0.25) is 0 Å². The molecule has 144 valence electrons. The van der Waals surface area contributed by atoms with Crippen molar-refractivity contribution in [1.29, 1.82) is 0 Å². The maximum Gasteiger partial charge on any atom is 0.284 e. The zero-order valence-electron chi connectivity index (χ0n) is 15.3. The summed E-state index contributed by atoms with van der Waals surface area (Å²) in [6, 6.07) is 9.59. The third-order valence-electron chi connectivity index (χ3n) is 4.25. The lowest BCUT2D eigenvalue weighted by molar-refractivity contribution is 0.0972. The predicted molar refractivity (Wildman–Crippen MR) is 118 cm³/mol. The second-order valence-electron chi connectivity index (χ2n) is 6.04. The fourth-order valence-electron chi connectivity index (χ4n) is 2.88. The summed E-state index contributed by atoms with van der Waals surface area (Å²) < 4.78 is 5.34. The molecule has 2 heterocycles. The van der Waals surface area contributed by atoms with Crippen molar-refractivity contribution in [2.75, 3.05) is 13.6 Å². The highest BCUT2D eigenvalue weighted by Crippen LogP contribution is 2.21. The number of rotatable bonds is 6. The maximum absolute atomic E-state index is 11.0. The number of nitrogens with two attached hydrogens (primary N) is 1. The number of benzene rings is 1. The summed E-state index contributed by atoms with van der Waals surface area (Å²) in [4.78, 5) is 18.6. The molecule has 3 aromatic rings. The van der Waals surface area contributed by atoms with Gasteiger partial charge in [-0.15, -0.1) is 24.0 Å². The molecule has 0 saturated carbocycles. The van der Waals surface area contributed by atoms with Crippen LogP contribution >= 0.6 is 24.0 Å². The number of primary amides is 1. The standard InChI is InChI=1S/C19H23N5O2.HI/c1-12-4-3-5-15-13(10-23-17(12)15)8-9-22-19(21-2)24-11-14-6-7-16(26-14)18(20)25;/h3-7,10,23H,8-9,11H2,1-2H3,(H2,20,25)(H2,21,22,24);1H. The van der Waals surface area contributed by atoms with Crippen LogP contribution in [0.15, 0.2) is 45.9 Å². The Morgan fingerprint density at radius 3 is 2.78 bits per heavy atom. The summed E-state index contributed by atoms with van der Waals surface area (Å²) in [5, 5.41) is 7.68. The van der Waals surface area contributed by atoms with E-state index < -0.39 is 5.91 Å². The Labute approximate surface area is 174 Å². The minimum Gasteiger partial charge on any atom is -0.454 e. The SMILES string of the molecule is CN=C(NCCc1c[nH]c2c(C)cccc12)NCc1ccc(C(N)=O)o1.I. The fourth-order valence-corrected chi connectivity index (χ4v) is 2.88. The van der Waals surface area contributed by atoms with E-state index in [-0.39, 0.29) is 29.7 Å². The molecule has 0 aliphatic carbocycles. The Morgan fingerprint density at radius 2 is 2.07 bits per heavy atom. The zero-order chi connectivity index (χ0) is 18.5. The van der Waals surface area contributed by atoms with Gasteiger partial charge in [0.1, 0.15) is 5.76 Å². The van der Waals surface area contributed by atoms with Crippen molar-refractivity contribution in [2.45, 2.75) is 19.9 Å². The summed E-state index contributed by atoms with van der Waals surface area (Å²) in [5.74, 6) is 0.860. The molecule has 0 saturated heterocycles. The monoisotopic (exact) mass is 481 g/mol. The van der Waals surface area contributed by atoms with Crippen LogP contribution in [0.1, 0.15) is 27.4 Å². The molecule has 3 rings (SSSR count). The van der Waals surface area contributed by atoms with Gasteiger partial charge < -0.3 is 25.8 Å². The number of amides is 1. The number of aliphatic imine (C=N–C) groups is 1. The topological polar surface area (TPSA) is 108 Å². The lowest BCUT2D eigenvalue weighted by Crippen LogP contribution is -2.37. The zero-order valence-corrected chi connectivity index (χ0v) is 17.7. The van der Waals surface area contributed by atoms with Crippen molar-refractivity contribution in [3.8, 4) is 0 Å². The first kappa shape index (κ1) is 20.8. The summed E-state index contributed by atoms with van der Waals surface area (Å²) in [5.41, 5.74) is 8.88. The molecule has 1 aromatic carbocycles. The number of guanidine groups is 1. The summed E-state index contributed by atoms with van der Waals surface area (Å²) in [7, 11) is 1.71. The van der Waals surface area contributed by atoms with Crippen LogP contribution in [0.2, 0.25) is 0 Å². The molecule has 0 spiro atoms. The number of carbonyl (C=O) groups excluding carboxylic acids is 1. The van der Waals surface area contributed by atoms with Crippen molar-refractivity contribution in [3.63, 3.8) is 0 Å². The highest BCUT2D eigenvalue weighted by molar-refractivity contribution is 14.0. The molecule has 27 heavy (non-hydrogen) atoms. The van der Waals surface area contributed by atoms with Crippen LogP contribution in [0.5, 0.6) is 0 Å². The number of hydrogen-bond donors (Lipinski definition) is 4. The van der Waals surface area contributed by atoms with Crippen LogP contribution in [-0.4, -0.2) is 30.4 Å². The van der Waals surface area contributed by atoms with E-state index in [0.29, 0.717) is 18.3 Å². The Morgan fingerprint density at radius 1 is 1.26 bits per heavy atom. The number of fused-ring (bicyclic) bond motifs is 1. The van der Waals surface area contributed by atoms with Crippen molar-refractivity contribution in [2.24, 2.45) is 10.7 Å². The number of nitrogens with one attached hydrogen (secondary N) is 3. The van der Waals surface area contributed by atoms with Crippen LogP contribution in [0, 0.1) is 6.92 Å². The van der Waals surface area contributed by atoms with Gasteiger partial charge in [0, 0.05) is 30.7 Å². The van der Waals surface area contributed by atoms with E-state index in [9.17, 15) is 4.79 Å². The lowest BCUT2D eigenvalue weighted by atomic mass is 10.1. The molecule has 5 N–H and O–H groups in total. The average molecular weight is 481 g/mol. The smallest absolute Gasteiger partial charge is 0.284 e. The summed E-state index contributed by atoms with van der Waals surface area (Å²) in [6.07, 6.45) is 2.93. The van der Waals surface area contributed by atoms with Crippen LogP contribution in [-0.2, 0) is 13.0 Å². The maximum atomic E-state index is 11.0. The number of halogens is 1. The molecule has 0 aliphatic heterocycles. The first-order valence-corrected chi connectivity index (χ1v) is 8.47. The number of aromatic amines is 1. The molecule has 0 bridgehead atoms. The fraction of sp³-hybridized carbons (Fsp3) is 0.263. The van der Waals surface area contributed by atoms with Gasteiger partial charge in [-0.3, -0.25) is 9.79 Å². The van der Waals surface area contributed by atoms with E-state index in [4.69, 9.17) is 10.2 Å². The number of furan rings is 1. The minimum atomic E-state index is -0.576. The van der Waals surface area contributed by atoms with Crippen molar-refractivity contribution >= 4 is 46.7 Å². The number of carbonyl (C=O) groups is 1. The van der Waals surface area contributed by atoms with Gasteiger partial charge in [-0.2, -0.15) is 0 Å². The van der Waals surface area contributed by atoms with Crippen LogP contribution < -0.4 is 16.4 Å². The van der Waals surface area contributed by atoms with Crippen molar-refractivity contribution in [1.82, 2.24) is 15.6 Å². The highest BCUT2D eigenvalue weighted by Gasteiger charge is 2.08. The number of aromatic nitrogens is 1. The number of H-pyrrole nitrogens is 1. The van der Waals surface area contributed by atoms with Crippen LogP contribution in [0.25, 0.3) is 10.9 Å². The molecular formula is C19H24IN5O2. The van der Waals surface area contributed by atoms with Gasteiger partial charge >= 0.3 is 0 Å². The van der Waals surface area contributed by atoms with Gasteiger partial charge in [-0.25, -0.2) is 0 Å². The van der Waals surface area contributed by atoms with Gasteiger partial charge in [-0.05, 0) is 36.6 Å². The molecule has 2 aromatic heterocycles. The van der Waals surface area contributed by atoms with Gasteiger partial charge in [0.15, 0.2) is 11.7 Å². The van der Waals surface area contributed by atoms with Gasteiger partial charge in [0.25, 0.3) is 5.91 Å². The first-order valence-electron chi connectivity index (χ1n) is 8.47. The molecule has 1 amide bonds. The Kier molecular flexibility index (Phi) is 7.28. The summed E-state index contributed by atoms with van der Waals surface area (Å²) in [6.45, 7) is 3.26. The van der Waals surface area contributed by atoms with E-state index in [1.165, 1.54) is 22.0 Å².